The van der Waals surface area contributed by atoms with Crippen LogP contribution in [0.3, 0.4) is 0 Å². The molecule has 2 aliphatic heterocycles. The summed E-state index contributed by atoms with van der Waals surface area (Å²) in [7, 11) is -4.70. The van der Waals surface area contributed by atoms with Crippen LogP contribution in [0.1, 0.15) is 112 Å². The number of aromatic nitrogens is 2. The summed E-state index contributed by atoms with van der Waals surface area (Å²) < 4.78 is 65.5. The molecule has 2 atom stereocenters. The molecular formula is C49H57F2N7O7S. The third-order valence-corrected chi connectivity index (χ3v) is 16.0. The number of halogens is 2. The van der Waals surface area contributed by atoms with Gasteiger partial charge in [0.05, 0.1) is 26.4 Å². The lowest BCUT2D eigenvalue weighted by Gasteiger charge is -2.57. The molecule has 66 heavy (non-hydrogen) atoms. The fourth-order valence-corrected chi connectivity index (χ4v) is 11.8. The number of piperidine rings is 1. The van der Waals surface area contributed by atoms with Crippen LogP contribution < -0.4 is 19.7 Å². The Bertz CT molecular complexity index is 2760. The highest BCUT2D eigenvalue weighted by Gasteiger charge is 2.49. The second kappa shape index (κ2) is 17.9. The average Bonchev–Trinajstić information content (AvgIpc) is 3.91. The molecule has 1 spiro atoms. The lowest BCUT2D eigenvalue weighted by molar-refractivity contribution is -0.384. The number of nitrogens with one attached hydrogen (secondary N) is 3. The standard InChI is InChI=1S/C49H57F2N7O7S/c1-30(2)34-7-4-5-8-35(34)36-9-6-10-41(36)57-28-49(29-57)19-21-56(22-20-49)32-11-13-37(43(23-32)65-44-25-38-39(50)27-53-46(38)54-45(44)51)47(59)55-66(63,64)33-12-14-40(42(24-33)58(61)62)52-26-31-15-17-48(3,60)18-16-31/h4-5,7-8,11-14,23-25,27,30-31,36,41,52,60H,6,9-10,15-22,26,28-29H2,1-3H3,(H,53,54)(H,55,59)/t31-,36-,41-,48-/m0/s1. The minimum atomic E-state index is -4.70. The number of nitrogens with zero attached hydrogens (tertiary/aromatic N) is 4. The first-order chi connectivity index (χ1) is 31.5. The molecule has 4 heterocycles. The summed E-state index contributed by atoms with van der Waals surface area (Å²) in [6, 6.07) is 18.5. The third kappa shape index (κ3) is 9.21. The number of amides is 1. The molecule has 2 saturated heterocycles. The molecule has 2 aromatic heterocycles. The van der Waals surface area contributed by atoms with Crippen LogP contribution in [-0.2, 0) is 10.0 Å². The van der Waals surface area contributed by atoms with Crippen LogP contribution in [0.2, 0.25) is 0 Å². The van der Waals surface area contributed by atoms with Crippen molar-refractivity contribution in [3.63, 3.8) is 0 Å². The van der Waals surface area contributed by atoms with Gasteiger partial charge in [-0.15, -0.1) is 0 Å². The van der Waals surface area contributed by atoms with Crippen molar-refractivity contribution in [2.75, 3.05) is 42.9 Å². The van der Waals surface area contributed by atoms with E-state index in [9.17, 15) is 32.8 Å². The van der Waals surface area contributed by atoms with Gasteiger partial charge in [-0.25, -0.2) is 17.5 Å². The number of hydrogen-bond donors (Lipinski definition) is 4. The second-order valence-corrected chi connectivity index (χ2v) is 21.2. The van der Waals surface area contributed by atoms with Gasteiger partial charge in [-0.1, -0.05) is 44.5 Å². The normalized spacial score (nSPS) is 23.3. The Labute approximate surface area is 383 Å². The maximum absolute atomic E-state index is 15.4. The van der Waals surface area contributed by atoms with Gasteiger partial charge in [0.2, 0.25) is 0 Å². The van der Waals surface area contributed by atoms with Crippen molar-refractivity contribution >= 4 is 44.0 Å². The van der Waals surface area contributed by atoms with E-state index in [1.54, 1.807) is 13.0 Å². The van der Waals surface area contributed by atoms with Gasteiger partial charge in [0.25, 0.3) is 27.6 Å². The molecule has 4 fully saturated rings. The summed E-state index contributed by atoms with van der Waals surface area (Å²) in [5, 5.41) is 25.5. The number of H-pyrrole nitrogens is 1. The van der Waals surface area contributed by atoms with Crippen LogP contribution in [0, 0.1) is 33.2 Å². The van der Waals surface area contributed by atoms with Crippen LogP contribution >= 0.6 is 0 Å². The first-order valence-electron chi connectivity index (χ1n) is 23.0. The van der Waals surface area contributed by atoms with Crippen LogP contribution in [-0.4, -0.2) is 83.6 Å². The monoisotopic (exact) mass is 925 g/mol. The summed E-state index contributed by atoms with van der Waals surface area (Å²) in [6.45, 7) is 10.2. The van der Waals surface area contributed by atoms with Gasteiger partial charge in [0.1, 0.15) is 22.9 Å². The number of likely N-dealkylation sites (tertiary alicyclic amines) is 1. The van der Waals surface area contributed by atoms with Gasteiger partial charge in [-0.3, -0.25) is 19.8 Å². The van der Waals surface area contributed by atoms with E-state index in [1.807, 2.05) is 4.72 Å². The molecule has 5 aromatic rings. The minimum Gasteiger partial charge on any atom is -0.452 e. The highest BCUT2D eigenvalue weighted by atomic mass is 32.2. The van der Waals surface area contributed by atoms with Crippen LogP contribution in [0.4, 0.5) is 25.8 Å². The molecule has 3 aromatic carbocycles. The van der Waals surface area contributed by atoms with Crippen LogP contribution in [0.5, 0.6) is 11.5 Å². The molecule has 2 aliphatic carbocycles. The number of sulfonamides is 1. The molecule has 0 unspecified atom stereocenters. The van der Waals surface area contributed by atoms with E-state index in [-0.39, 0.29) is 39.4 Å². The van der Waals surface area contributed by atoms with E-state index in [4.69, 9.17) is 4.74 Å². The molecule has 17 heteroatoms. The van der Waals surface area contributed by atoms with Gasteiger partial charge in [0.15, 0.2) is 5.75 Å². The maximum atomic E-state index is 15.4. The number of fused-ring (bicyclic) bond motifs is 1. The lowest BCUT2D eigenvalue weighted by Crippen LogP contribution is -2.63. The highest BCUT2D eigenvalue weighted by molar-refractivity contribution is 7.90. The van der Waals surface area contributed by atoms with Crippen molar-refractivity contribution in [3.8, 4) is 11.5 Å². The van der Waals surface area contributed by atoms with Gasteiger partial charge < -0.3 is 25.0 Å². The van der Waals surface area contributed by atoms with Crippen molar-refractivity contribution in [2.45, 2.75) is 107 Å². The highest BCUT2D eigenvalue weighted by Crippen LogP contribution is 2.49. The largest absolute Gasteiger partial charge is 0.452 e. The molecule has 1 amide bonds. The molecule has 0 bridgehead atoms. The number of rotatable bonds is 13. The van der Waals surface area contributed by atoms with Crippen molar-refractivity contribution in [1.29, 1.82) is 0 Å². The fourth-order valence-electron chi connectivity index (χ4n) is 10.8. The molecule has 14 nitrogen and oxygen atoms in total. The lowest BCUT2D eigenvalue weighted by atomic mass is 9.70. The molecule has 4 N–H and O–H groups in total. The SMILES string of the molecule is CC(C)c1ccccc1[C@@H]1CCC[C@@H]1N1CC2(CCN(c3ccc(C(=O)NS(=O)(=O)c4ccc(NC[C@H]5CC[C@](C)(O)CC5)c([N+](=O)[O-])c4)c(Oc4cc5c(F)c[nH]c5nc4F)c3)CC2)C1. The number of ether oxygens (including phenoxy) is 1. The van der Waals surface area contributed by atoms with Crippen molar-refractivity contribution in [3.05, 3.63) is 111 Å². The fraction of sp³-hybridized carbons (Fsp3) is 0.469. The van der Waals surface area contributed by atoms with E-state index in [0.717, 1.165) is 57.1 Å². The molecule has 9 rings (SSSR count). The summed E-state index contributed by atoms with van der Waals surface area (Å²) >= 11 is 0. The molecule has 2 saturated carbocycles. The molecule has 350 valence electrons. The predicted molar refractivity (Wildman–Crippen MR) is 248 cm³/mol. The number of hydrogen-bond acceptors (Lipinski definition) is 11. The summed E-state index contributed by atoms with van der Waals surface area (Å²) in [4.78, 5) is 36.1. The molecule has 4 aliphatic rings. The van der Waals surface area contributed by atoms with E-state index < -0.39 is 54.6 Å². The Morgan fingerprint density at radius 3 is 2.47 bits per heavy atom. The Balaban J connectivity index is 0.917. The Hall–Kier alpha value is -5.65. The number of nitro benzene ring substituents is 1. The zero-order valence-electron chi connectivity index (χ0n) is 37.5. The topological polar surface area (TPSA) is 183 Å². The minimum absolute atomic E-state index is 0.0469. The number of aromatic amines is 1. The van der Waals surface area contributed by atoms with E-state index in [2.05, 4.69) is 63.2 Å². The van der Waals surface area contributed by atoms with Crippen molar-refractivity contribution in [1.82, 2.24) is 19.6 Å². The Morgan fingerprint density at radius 2 is 1.74 bits per heavy atom. The van der Waals surface area contributed by atoms with Gasteiger partial charge >= 0.3 is 0 Å². The predicted octanol–water partition coefficient (Wildman–Crippen LogP) is 9.38. The third-order valence-electron chi connectivity index (χ3n) is 14.7. The quantitative estimate of drug-likeness (QED) is 0.0502. The van der Waals surface area contributed by atoms with Crippen molar-refractivity contribution in [2.24, 2.45) is 11.3 Å². The average molecular weight is 926 g/mol. The number of benzene rings is 3. The molecular weight excluding hydrogens is 869 g/mol. The number of aliphatic hydroxyl groups is 1. The van der Waals surface area contributed by atoms with E-state index in [0.29, 0.717) is 56.0 Å². The number of anilines is 2. The van der Waals surface area contributed by atoms with Gasteiger partial charge in [0, 0.05) is 62.8 Å². The molecule has 0 radical (unpaired) electrons. The van der Waals surface area contributed by atoms with Gasteiger partial charge in [-0.05, 0) is 123 Å². The summed E-state index contributed by atoms with van der Waals surface area (Å²) in [6.07, 6.45) is 9.19. The Morgan fingerprint density at radius 1 is 1.00 bits per heavy atom. The van der Waals surface area contributed by atoms with Crippen LogP contribution in [0.15, 0.2) is 77.8 Å². The number of carbonyl (C=O) groups is 1. The number of nitro groups is 1. The van der Waals surface area contributed by atoms with E-state index in [1.165, 1.54) is 54.7 Å². The first kappa shape index (κ1) is 45.5. The second-order valence-electron chi connectivity index (χ2n) is 19.6. The zero-order chi connectivity index (χ0) is 46.5. The Kier molecular flexibility index (Phi) is 12.3. The summed E-state index contributed by atoms with van der Waals surface area (Å²) in [5.74, 6) is -2.44. The smallest absolute Gasteiger partial charge is 0.293 e. The zero-order valence-corrected chi connectivity index (χ0v) is 38.3. The van der Waals surface area contributed by atoms with E-state index >= 15 is 4.39 Å². The summed E-state index contributed by atoms with van der Waals surface area (Å²) in [5.41, 5.74) is 2.33. The van der Waals surface area contributed by atoms with Crippen molar-refractivity contribution < 1.29 is 36.8 Å². The maximum Gasteiger partial charge on any atom is 0.293 e. The first-order valence-corrected chi connectivity index (χ1v) is 24.5. The van der Waals surface area contributed by atoms with Gasteiger partial charge in [-0.2, -0.15) is 9.37 Å². The number of carbonyl (C=O) groups excluding carboxylic acids is 1. The number of pyridine rings is 1. The van der Waals surface area contributed by atoms with Crippen LogP contribution in [0.25, 0.3) is 11.0 Å².